The fraction of sp³-hybridized carbons (Fsp3) is 0.143. The molecular weight excluding hydrogens is 420 g/mol. The Hall–Kier alpha value is -3.63. The van der Waals surface area contributed by atoms with E-state index in [4.69, 9.17) is 14.0 Å². The maximum absolute atomic E-state index is 11.0. The highest BCUT2D eigenvalue weighted by atomic mass is 32.2. The Labute approximate surface area is 179 Å². The monoisotopic (exact) mass is 440 g/mol. The number of azo groups is 2. The lowest BCUT2D eigenvalue weighted by molar-refractivity contribution is 0.414. The van der Waals surface area contributed by atoms with Crippen LogP contribution in [0.3, 0.4) is 0 Å². The van der Waals surface area contributed by atoms with E-state index < -0.39 is 15.9 Å². The van der Waals surface area contributed by atoms with Crippen LogP contribution in [0.2, 0.25) is 0 Å². The third kappa shape index (κ3) is 6.69. The SMILES string of the molecule is COc1ccc(N=Nc2ccc(N=Nc3cccc(CS(=O)(=O)O)c3)cc2OC)cc1. The third-order valence-corrected chi connectivity index (χ3v) is 4.75. The second kappa shape index (κ2) is 9.92. The lowest BCUT2D eigenvalue weighted by Crippen LogP contribution is -2.00. The van der Waals surface area contributed by atoms with Crippen molar-refractivity contribution in [3.63, 3.8) is 0 Å². The van der Waals surface area contributed by atoms with E-state index in [1.807, 2.05) is 0 Å². The summed E-state index contributed by atoms with van der Waals surface area (Å²) in [6, 6.07) is 18.6. The molecule has 3 aromatic carbocycles. The average Bonchev–Trinajstić information content (AvgIpc) is 2.76. The molecule has 0 unspecified atom stereocenters. The number of nitrogens with zero attached hydrogens (tertiary/aromatic N) is 4. The first-order valence-corrected chi connectivity index (χ1v) is 10.7. The molecule has 3 aromatic rings. The van der Waals surface area contributed by atoms with Gasteiger partial charge in [-0.2, -0.15) is 23.8 Å². The van der Waals surface area contributed by atoms with E-state index in [0.717, 1.165) is 5.75 Å². The smallest absolute Gasteiger partial charge is 0.269 e. The molecule has 0 atom stereocenters. The lowest BCUT2D eigenvalue weighted by atomic mass is 10.2. The molecule has 0 aliphatic heterocycles. The van der Waals surface area contributed by atoms with Crippen LogP contribution in [-0.4, -0.2) is 27.2 Å². The van der Waals surface area contributed by atoms with Gasteiger partial charge in [0.25, 0.3) is 10.1 Å². The van der Waals surface area contributed by atoms with Crippen LogP contribution in [0.5, 0.6) is 11.5 Å². The quantitative estimate of drug-likeness (QED) is 0.344. The summed E-state index contributed by atoms with van der Waals surface area (Å²) in [4.78, 5) is 0. The van der Waals surface area contributed by atoms with Gasteiger partial charge in [0.15, 0.2) is 0 Å². The topological polar surface area (TPSA) is 122 Å². The zero-order valence-corrected chi connectivity index (χ0v) is 17.7. The summed E-state index contributed by atoms with van der Waals surface area (Å²) < 4.78 is 41.5. The van der Waals surface area contributed by atoms with Crippen LogP contribution in [0.15, 0.2) is 87.2 Å². The number of hydrogen-bond acceptors (Lipinski definition) is 8. The molecule has 3 rings (SSSR count). The molecule has 0 radical (unpaired) electrons. The summed E-state index contributed by atoms with van der Waals surface area (Å²) in [6.07, 6.45) is 0. The Morgan fingerprint density at radius 2 is 1.42 bits per heavy atom. The minimum absolute atomic E-state index is 0.408. The van der Waals surface area contributed by atoms with Gasteiger partial charge in [0, 0.05) is 6.07 Å². The molecule has 0 fully saturated rings. The van der Waals surface area contributed by atoms with E-state index in [0.29, 0.717) is 34.1 Å². The molecule has 0 spiro atoms. The van der Waals surface area contributed by atoms with Gasteiger partial charge in [-0.05, 0) is 54.1 Å². The van der Waals surface area contributed by atoms with Crippen LogP contribution in [0, 0.1) is 0 Å². The standard InChI is InChI=1S/C21H20N4O5S/c1-29-19-9-6-16(7-10-19)22-25-20-11-8-18(13-21(20)30-2)24-23-17-5-3-4-15(12-17)14-31(26,27)28/h3-13H,14H2,1-2H3,(H,26,27,28). The number of ether oxygens (including phenoxy) is 2. The molecule has 0 aliphatic carbocycles. The average molecular weight is 440 g/mol. The first-order valence-electron chi connectivity index (χ1n) is 9.06. The highest BCUT2D eigenvalue weighted by molar-refractivity contribution is 7.85. The van der Waals surface area contributed by atoms with Crippen LogP contribution < -0.4 is 9.47 Å². The molecular formula is C21H20N4O5S. The van der Waals surface area contributed by atoms with Gasteiger partial charge in [-0.3, -0.25) is 4.55 Å². The van der Waals surface area contributed by atoms with E-state index in [-0.39, 0.29) is 0 Å². The molecule has 9 nitrogen and oxygen atoms in total. The molecule has 0 aliphatic rings. The third-order valence-electron chi connectivity index (χ3n) is 4.05. The van der Waals surface area contributed by atoms with E-state index in [9.17, 15) is 8.42 Å². The molecule has 0 heterocycles. The zero-order valence-electron chi connectivity index (χ0n) is 16.8. The molecule has 0 aromatic heterocycles. The van der Waals surface area contributed by atoms with Crippen molar-refractivity contribution in [2.24, 2.45) is 20.5 Å². The molecule has 1 N–H and O–H groups in total. The first kappa shape index (κ1) is 22.1. The van der Waals surface area contributed by atoms with Gasteiger partial charge < -0.3 is 9.47 Å². The van der Waals surface area contributed by atoms with Crippen LogP contribution >= 0.6 is 0 Å². The van der Waals surface area contributed by atoms with E-state index in [1.165, 1.54) is 13.2 Å². The van der Waals surface area contributed by atoms with Gasteiger partial charge in [-0.1, -0.05) is 12.1 Å². The second-order valence-electron chi connectivity index (χ2n) is 6.35. The van der Waals surface area contributed by atoms with Crippen LogP contribution in [0.1, 0.15) is 5.56 Å². The largest absolute Gasteiger partial charge is 0.497 e. The fourth-order valence-electron chi connectivity index (χ4n) is 2.61. The summed E-state index contributed by atoms with van der Waals surface area (Å²) in [7, 11) is -1.01. The minimum Gasteiger partial charge on any atom is -0.497 e. The number of hydrogen-bond donors (Lipinski definition) is 1. The van der Waals surface area contributed by atoms with Gasteiger partial charge in [0.1, 0.15) is 22.9 Å². The van der Waals surface area contributed by atoms with Gasteiger partial charge in [0.2, 0.25) is 0 Å². The molecule has 0 saturated carbocycles. The molecule has 31 heavy (non-hydrogen) atoms. The molecule has 160 valence electrons. The summed E-state index contributed by atoms with van der Waals surface area (Å²) in [5, 5.41) is 16.7. The number of methoxy groups -OCH3 is 2. The van der Waals surface area contributed by atoms with Crippen molar-refractivity contribution in [1.29, 1.82) is 0 Å². The van der Waals surface area contributed by atoms with Gasteiger partial charge in [0.05, 0.1) is 31.3 Å². The van der Waals surface area contributed by atoms with Gasteiger partial charge in [-0.25, -0.2) is 0 Å². The number of benzene rings is 3. The summed E-state index contributed by atoms with van der Waals surface area (Å²) >= 11 is 0. The Kier molecular flexibility index (Phi) is 7.06. The zero-order chi connectivity index (χ0) is 22.3. The fourth-order valence-corrected chi connectivity index (χ4v) is 3.21. The van der Waals surface area contributed by atoms with Crippen LogP contribution in [0.4, 0.5) is 22.7 Å². The molecule has 0 amide bonds. The van der Waals surface area contributed by atoms with E-state index >= 15 is 0 Å². The summed E-state index contributed by atoms with van der Waals surface area (Å²) in [6.45, 7) is 0. The van der Waals surface area contributed by atoms with Crippen LogP contribution in [-0.2, 0) is 15.9 Å². The van der Waals surface area contributed by atoms with Crippen molar-refractivity contribution in [3.05, 3.63) is 72.3 Å². The van der Waals surface area contributed by atoms with Crippen molar-refractivity contribution < 1.29 is 22.4 Å². The highest BCUT2D eigenvalue weighted by Crippen LogP contribution is 2.33. The predicted molar refractivity (Wildman–Crippen MR) is 116 cm³/mol. The minimum atomic E-state index is -4.12. The molecule has 10 heteroatoms. The van der Waals surface area contributed by atoms with Crippen molar-refractivity contribution >= 4 is 32.9 Å². The first-order chi connectivity index (χ1) is 14.9. The van der Waals surface area contributed by atoms with Crippen molar-refractivity contribution in [2.75, 3.05) is 14.2 Å². The number of rotatable bonds is 8. The predicted octanol–water partition coefficient (Wildman–Crippen LogP) is 5.92. The lowest BCUT2D eigenvalue weighted by Gasteiger charge is -2.04. The highest BCUT2D eigenvalue weighted by Gasteiger charge is 2.07. The van der Waals surface area contributed by atoms with E-state index in [1.54, 1.807) is 67.8 Å². The Morgan fingerprint density at radius 1 is 0.774 bits per heavy atom. The van der Waals surface area contributed by atoms with Crippen molar-refractivity contribution in [1.82, 2.24) is 0 Å². The normalized spacial score (nSPS) is 11.8. The van der Waals surface area contributed by atoms with E-state index in [2.05, 4.69) is 20.5 Å². The Morgan fingerprint density at radius 3 is 2.06 bits per heavy atom. The van der Waals surface area contributed by atoms with Gasteiger partial charge in [-0.15, -0.1) is 5.11 Å². The molecule has 0 bridgehead atoms. The Bertz CT molecular complexity index is 1210. The van der Waals surface area contributed by atoms with Crippen molar-refractivity contribution in [2.45, 2.75) is 5.75 Å². The Balaban J connectivity index is 1.76. The van der Waals surface area contributed by atoms with Crippen molar-refractivity contribution in [3.8, 4) is 11.5 Å². The summed E-state index contributed by atoms with van der Waals surface area (Å²) in [5.41, 5.74) is 2.55. The maximum atomic E-state index is 11.0. The van der Waals surface area contributed by atoms with Crippen LogP contribution in [0.25, 0.3) is 0 Å². The maximum Gasteiger partial charge on any atom is 0.269 e. The molecule has 0 saturated heterocycles. The second-order valence-corrected chi connectivity index (χ2v) is 7.80. The summed E-state index contributed by atoms with van der Waals surface area (Å²) in [5.74, 6) is 0.710. The van der Waals surface area contributed by atoms with Gasteiger partial charge >= 0.3 is 0 Å².